The van der Waals surface area contributed by atoms with Crippen molar-refractivity contribution < 1.29 is 22.3 Å². The number of ether oxygens (including phenoxy) is 1. The van der Waals surface area contributed by atoms with Crippen molar-refractivity contribution in [1.82, 2.24) is 5.32 Å². The Morgan fingerprint density at radius 2 is 1.95 bits per heavy atom. The van der Waals surface area contributed by atoms with E-state index in [1.165, 1.54) is 18.2 Å². The van der Waals surface area contributed by atoms with Gasteiger partial charge in [-0.3, -0.25) is 0 Å². The van der Waals surface area contributed by atoms with Gasteiger partial charge in [0.1, 0.15) is 17.3 Å². The molecule has 0 aliphatic rings. The van der Waals surface area contributed by atoms with E-state index in [1.807, 2.05) is 0 Å². The summed E-state index contributed by atoms with van der Waals surface area (Å²) >= 11 is 0. The quantitative estimate of drug-likeness (QED) is 0.928. The van der Waals surface area contributed by atoms with Crippen LogP contribution in [-0.4, -0.2) is 13.4 Å². The smallest absolute Gasteiger partial charge is 0.464 e. The molecule has 3 nitrogen and oxygen atoms in total. The molecule has 0 saturated carbocycles. The van der Waals surface area contributed by atoms with E-state index in [2.05, 4.69) is 10.1 Å². The first-order valence-corrected chi connectivity index (χ1v) is 5.98. The molecule has 0 saturated heterocycles. The fraction of sp³-hybridized carbons (Fsp3) is 0.286. The van der Waals surface area contributed by atoms with E-state index in [9.17, 15) is 13.2 Å². The van der Waals surface area contributed by atoms with Gasteiger partial charge in [0.15, 0.2) is 0 Å². The second-order valence-corrected chi connectivity index (χ2v) is 4.29. The fourth-order valence-electron chi connectivity index (χ4n) is 1.97. The maximum absolute atomic E-state index is 12.2. The highest BCUT2D eigenvalue weighted by molar-refractivity contribution is 5.34. The van der Waals surface area contributed by atoms with E-state index in [0.717, 1.165) is 5.76 Å². The minimum atomic E-state index is -4.70. The van der Waals surface area contributed by atoms with Crippen LogP contribution in [0.1, 0.15) is 23.1 Å². The van der Waals surface area contributed by atoms with Gasteiger partial charge in [0.05, 0.1) is 6.04 Å². The van der Waals surface area contributed by atoms with Gasteiger partial charge in [-0.1, -0.05) is 12.1 Å². The van der Waals surface area contributed by atoms with Gasteiger partial charge in [-0.25, -0.2) is 0 Å². The van der Waals surface area contributed by atoms with E-state index in [1.54, 1.807) is 32.2 Å². The highest BCUT2D eigenvalue weighted by Gasteiger charge is 2.31. The van der Waals surface area contributed by atoms with E-state index in [4.69, 9.17) is 4.42 Å². The lowest BCUT2D eigenvalue weighted by Gasteiger charge is -2.16. The maximum Gasteiger partial charge on any atom is 0.573 e. The number of aryl methyl sites for hydroxylation is 1. The van der Waals surface area contributed by atoms with Gasteiger partial charge in [-0.05, 0) is 43.8 Å². The largest absolute Gasteiger partial charge is 0.573 e. The standard InChI is InChI=1S/C14H14F3NO2/c1-9-6-7-12(19-9)13(18-2)10-4-3-5-11(8-10)20-14(15,16)17/h3-8,13,18H,1-2H3. The van der Waals surface area contributed by atoms with Crippen LogP contribution in [0.25, 0.3) is 0 Å². The summed E-state index contributed by atoms with van der Waals surface area (Å²) in [5.41, 5.74) is 0.628. The Labute approximate surface area is 114 Å². The van der Waals surface area contributed by atoms with Crippen molar-refractivity contribution in [2.45, 2.75) is 19.3 Å². The number of hydrogen-bond acceptors (Lipinski definition) is 3. The lowest BCUT2D eigenvalue weighted by Crippen LogP contribution is -2.19. The molecule has 0 fully saturated rings. The van der Waals surface area contributed by atoms with Crippen LogP contribution in [0.2, 0.25) is 0 Å². The average molecular weight is 285 g/mol. The summed E-state index contributed by atoms with van der Waals surface area (Å²) in [4.78, 5) is 0. The van der Waals surface area contributed by atoms with Gasteiger partial charge in [0, 0.05) is 0 Å². The highest BCUT2D eigenvalue weighted by Crippen LogP contribution is 2.28. The molecule has 20 heavy (non-hydrogen) atoms. The van der Waals surface area contributed by atoms with E-state index in [0.29, 0.717) is 11.3 Å². The lowest BCUT2D eigenvalue weighted by atomic mass is 10.0. The third-order valence-electron chi connectivity index (χ3n) is 2.76. The molecule has 0 spiro atoms. The predicted molar refractivity (Wildman–Crippen MR) is 67.5 cm³/mol. The van der Waals surface area contributed by atoms with Crippen LogP contribution < -0.4 is 10.1 Å². The molecule has 0 amide bonds. The number of alkyl halides is 3. The number of rotatable bonds is 4. The monoisotopic (exact) mass is 285 g/mol. The molecule has 2 rings (SSSR count). The predicted octanol–water partition coefficient (Wildman–Crippen LogP) is 3.80. The average Bonchev–Trinajstić information content (AvgIpc) is 2.75. The van der Waals surface area contributed by atoms with Gasteiger partial charge in [-0.15, -0.1) is 13.2 Å². The normalized spacial score (nSPS) is 13.2. The number of hydrogen-bond donors (Lipinski definition) is 1. The molecule has 108 valence electrons. The first-order chi connectivity index (χ1) is 9.39. The molecule has 1 heterocycles. The molecular weight excluding hydrogens is 271 g/mol. The first kappa shape index (κ1) is 14.5. The maximum atomic E-state index is 12.2. The van der Waals surface area contributed by atoms with Crippen molar-refractivity contribution in [3.63, 3.8) is 0 Å². The molecule has 0 radical (unpaired) electrons. The van der Waals surface area contributed by atoms with Crippen LogP contribution in [0.5, 0.6) is 5.75 Å². The van der Waals surface area contributed by atoms with E-state index >= 15 is 0 Å². The van der Waals surface area contributed by atoms with Crippen LogP contribution in [0.4, 0.5) is 13.2 Å². The lowest BCUT2D eigenvalue weighted by molar-refractivity contribution is -0.274. The summed E-state index contributed by atoms with van der Waals surface area (Å²) in [5.74, 6) is 1.12. The molecule has 0 bridgehead atoms. The molecule has 1 atom stereocenters. The SMILES string of the molecule is CNC(c1cccc(OC(F)(F)F)c1)c1ccc(C)o1. The van der Waals surface area contributed by atoms with Crippen LogP contribution in [0.3, 0.4) is 0 Å². The van der Waals surface area contributed by atoms with Crippen LogP contribution in [0.15, 0.2) is 40.8 Å². The van der Waals surface area contributed by atoms with Crippen LogP contribution in [0, 0.1) is 6.92 Å². The van der Waals surface area contributed by atoms with Crippen molar-refractivity contribution in [3.05, 3.63) is 53.5 Å². The Balaban J connectivity index is 2.29. The van der Waals surface area contributed by atoms with Crippen LogP contribution in [-0.2, 0) is 0 Å². The highest BCUT2D eigenvalue weighted by atomic mass is 19.4. The van der Waals surface area contributed by atoms with Crippen molar-refractivity contribution in [2.75, 3.05) is 7.05 Å². The molecule has 1 aromatic carbocycles. The number of halogens is 3. The minimum absolute atomic E-state index is 0.251. The molecule has 6 heteroatoms. The summed E-state index contributed by atoms with van der Waals surface area (Å²) in [7, 11) is 1.71. The minimum Gasteiger partial charge on any atom is -0.464 e. The van der Waals surface area contributed by atoms with Gasteiger partial charge in [0.2, 0.25) is 0 Å². The molecular formula is C14H14F3NO2. The molecule has 2 aromatic rings. The number of nitrogens with one attached hydrogen (secondary N) is 1. The number of furan rings is 1. The second-order valence-electron chi connectivity index (χ2n) is 4.29. The molecule has 1 unspecified atom stereocenters. The van der Waals surface area contributed by atoms with Gasteiger partial charge in [-0.2, -0.15) is 0 Å². The summed E-state index contributed by atoms with van der Waals surface area (Å²) in [6, 6.07) is 9.08. The van der Waals surface area contributed by atoms with Gasteiger partial charge < -0.3 is 14.5 Å². The second kappa shape index (κ2) is 5.58. The van der Waals surface area contributed by atoms with Crippen molar-refractivity contribution in [2.24, 2.45) is 0 Å². The van der Waals surface area contributed by atoms with Gasteiger partial charge in [0.25, 0.3) is 0 Å². The Morgan fingerprint density at radius 1 is 1.20 bits per heavy atom. The Kier molecular flexibility index (Phi) is 4.04. The zero-order chi connectivity index (χ0) is 14.8. The van der Waals surface area contributed by atoms with Crippen LogP contribution >= 0.6 is 0 Å². The fourth-order valence-corrected chi connectivity index (χ4v) is 1.97. The zero-order valence-electron chi connectivity index (χ0n) is 11.0. The number of benzene rings is 1. The molecule has 0 aliphatic heterocycles. The van der Waals surface area contributed by atoms with Crippen molar-refractivity contribution in [1.29, 1.82) is 0 Å². The summed E-state index contributed by atoms with van der Waals surface area (Å²) in [6.45, 7) is 1.80. The zero-order valence-corrected chi connectivity index (χ0v) is 11.0. The van der Waals surface area contributed by atoms with Crippen molar-refractivity contribution >= 4 is 0 Å². The Morgan fingerprint density at radius 3 is 2.50 bits per heavy atom. The van der Waals surface area contributed by atoms with Crippen molar-refractivity contribution in [3.8, 4) is 5.75 Å². The molecule has 1 aromatic heterocycles. The molecule has 1 N–H and O–H groups in total. The van der Waals surface area contributed by atoms with E-state index in [-0.39, 0.29) is 11.8 Å². The Hall–Kier alpha value is -1.95. The summed E-state index contributed by atoms with van der Waals surface area (Å²) < 4.78 is 46.1. The summed E-state index contributed by atoms with van der Waals surface area (Å²) in [5, 5.41) is 3.01. The Bertz CT molecular complexity index is 578. The molecule has 0 aliphatic carbocycles. The van der Waals surface area contributed by atoms with Gasteiger partial charge >= 0.3 is 6.36 Å². The van der Waals surface area contributed by atoms with E-state index < -0.39 is 6.36 Å². The first-order valence-electron chi connectivity index (χ1n) is 5.98. The topological polar surface area (TPSA) is 34.4 Å². The third kappa shape index (κ3) is 3.54. The third-order valence-corrected chi connectivity index (χ3v) is 2.76. The summed E-state index contributed by atoms with van der Waals surface area (Å²) in [6.07, 6.45) is -4.70.